The number of unbranched alkanes of at least 4 members (excludes halogenated alkanes) is 14. The number of para-hydroxylation sites is 1. The van der Waals surface area contributed by atoms with Gasteiger partial charge in [-0.05, 0) is 25.0 Å². The highest BCUT2D eigenvalue weighted by atomic mass is 32.1. The molecule has 1 unspecified atom stereocenters. The van der Waals surface area contributed by atoms with Crippen molar-refractivity contribution in [1.29, 1.82) is 0 Å². The lowest BCUT2D eigenvalue weighted by atomic mass is 9.68. The van der Waals surface area contributed by atoms with Gasteiger partial charge in [0.1, 0.15) is 5.01 Å². The molecular formula is C31H49NO3S2. The average Bonchev–Trinajstić information content (AvgIpc) is 3.29. The number of benzene rings is 1. The van der Waals surface area contributed by atoms with Crippen LogP contribution in [-0.4, -0.2) is 21.2 Å². The first-order valence-electron chi connectivity index (χ1n) is 14.8. The second-order valence-electron chi connectivity index (χ2n) is 10.7. The van der Waals surface area contributed by atoms with Crippen molar-refractivity contribution in [3.05, 3.63) is 29.3 Å². The third-order valence-corrected chi connectivity index (χ3v) is 9.10. The molecule has 1 N–H and O–H groups in total. The number of aromatic nitrogens is 1. The number of aliphatic carboxylic acids is 1. The number of hydrogen-bond acceptors (Lipinski definition) is 4. The molecule has 0 saturated carbocycles. The molecule has 0 aliphatic carbocycles. The number of carboxylic acid groups (broad SMARTS) is 1. The van der Waals surface area contributed by atoms with E-state index in [0.717, 1.165) is 48.7 Å². The molecule has 0 saturated heterocycles. The number of carbonyl (C=O) groups excluding carboxylic acids is 1. The first-order chi connectivity index (χ1) is 18.0. The number of thiazole rings is 1. The van der Waals surface area contributed by atoms with Crippen LogP contribution in [0.25, 0.3) is 10.2 Å². The zero-order valence-corrected chi connectivity index (χ0v) is 24.9. The van der Waals surface area contributed by atoms with Crippen LogP contribution in [0.1, 0.15) is 140 Å². The predicted molar refractivity (Wildman–Crippen MR) is 161 cm³/mol. The Morgan fingerprint density at radius 3 is 1.70 bits per heavy atom. The Balaban J connectivity index is 2.15. The number of carbonyl (C=O) groups is 2. The highest BCUT2D eigenvalue weighted by Gasteiger charge is 2.49. The number of nitrogens with zero attached hydrogens (tertiary/aromatic N) is 1. The molecule has 6 heteroatoms. The van der Waals surface area contributed by atoms with Crippen LogP contribution in [0.3, 0.4) is 0 Å². The Morgan fingerprint density at radius 2 is 1.27 bits per heavy atom. The maximum atomic E-state index is 13.0. The molecule has 2 rings (SSSR count). The summed E-state index contributed by atoms with van der Waals surface area (Å²) >= 11 is 5.70. The van der Waals surface area contributed by atoms with Gasteiger partial charge < -0.3 is 5.11 Å². The molecule has 1 aromatic heterocycles. The van der Waals surface area contributed by atoms with Crippen LogP contribution in [0.15, 0.2) is 24.3 Å². The zero-order valence-electron chi connectivity index (χ0n) is 23.2. The van der Waals surface area contributed by atoms with Gasteiger partial charge in [-0.15, -0.1) is 24.0 Å². The number of thiol groups is 1. The summed E-state index contributed by atoms with van der Waals surface area (Å²) in [7, 11) is 0. The zero-order chi connectivity index (χ0) is 26.9. The Bertz CT molecular complexity index is 873. The van der Waals surface area contributed by atoms with Gasteiger partial charge >= 0.3 is 5.97 Å². The molecule has 37 heavy (non-hydrogen) atoms. The molecule has 0 aliphatic rings. The van der Waals surface area contributed by atoms with E-state index in [-0.39, 0.29) is 5.12 Å². The smallest absolute Gasteiger partial charge is 0.310 e. The van der Waals surface area contributed by atoms with Gasteiger partial charge in [0.15, 0.2) is 5.12 Å². The lowest BCUT2D eigenvalue weighted by Gasteiger charge is -2.35. The molecule has 1 atom stereocenters. The fraction of sp³-hybridized carbons (Fsp3) is 0.710. The predicted octanol–water partition coefficient (Wildman–Crippen LogP) is 9.97. The van der Waals surface area contributed by atoms with E-state index in [0.29, 0.717) is 17.8 Å². The van der Waals surface area contributed by atoms with Gasteiger partial charge in [-0.25, -0.2) is 4.98 Å². The van der Waals surface area contributed by atoms with Gasteiger partial charge in [0.05, 0.1) is 21.5 Å². The van der Waals surface area contributed by atoms with E-state index in [1.807, 2.05) is 24.3 Å². The van der Waals surface area contributed by atoms with Crippen LogP contribution in [0, 0.1) is 5.41 Å². The normalized spacial score (nSPS) is 12.7. The van der Waals surface area contributed by atoms with E-state index < -0.39 is 17.3 Å². The fourth-order valence-electron chi connectivity index (χ4n) is 5.49. The van der Waals surface area contributed by atoms with Gasteiger partial charge in [0, 0.05) is 0 Å². The number of carboxylic acids is 1. The molecule has 1 heterocycles. The van der Waals surface area contributed by atoms with Crippen molar-refractivity contribution in [3.8, 4) is 0 Å². The highest BCUT2D eigenvalue weighted by molar-refractivity contribution is 7.96. The lowest BCUT2D eigenvalue weighted by molar-refractivity contribution is -0.153. The summed E-state index contributed by atoms with van der Waals surface area (Å²) in [4.78, 5) is 30.8. The highest BCUT2D eigenvalue weighted by Crippen LogP contribution is 2.48. The van der Waals surface area contributed by atoms with E-state index in [1.54, 1.807) is 0 Å². The van der Waals surface area contributed by atoms with E-state index in [9.17, 15) is 14.7 Å². The SMILES string of the molecule is CCCCCCCCCCC(CCCCCCCCCC)(C(=O)O)C(C(=O)S)c1nc2ccccc2s1. The maximum Gasteiger partial charge on any atom is 0.310 e. The van der Waals surface area contributed by atoms with Crippen molar-refractivity contribution in [1.82, 2.24) is 4.98 Å². The summed E-state index contributed by atoms with van der Waals surface area (Å²) in [6.07, 6.45) is 19.4. The van der Waals surface area contributed by atoms with Crippen LogP contribution in [0.4, 0.5) is 0 Å². The lowest BCUT2D eigenvalue weighted by Crippen LogP contribution is -2.40. The second kappa shape index (κ2) is 18.0. The molecule has 4 nitrogen and oxygen atoms in total. The van der Waals surface area contributed by atoms with Crippen LogP contribution in [0.5, 0.6) is 0 Å². The second-order valence-corrected chi connectivity index (χ2v) is 12.2. The molecule has 0 bridgehead atoms. The van der Waals surface area contributed by atoms with Gasteiger partial charge in [0.2, 0.25) is 0 Å². The third-order valence-electron chi connectivity index (χ3n) is 7.74. The Labute approximate surface area is 234 Å². The molecule has 0 amide bonds. The minimum atomic E-state index is -1.16. The van der Waals surface area contributed by atoms with Crippen LogP contribution in [-0.2, 0) is 9.59 Å². The monoisotopic (exact) mass is 547 g/mol. The minimum Gasteiger partial charge on any atom is -0.481 e. The number of rotatable bonds is 22. The van der Waals surface area contributed by atoms with E-state index >= 15 is 0 Å². The van der Waals surface area contributed by atoms with Crippen molar-refractivity contribution in [2.24, 2.45) is 5.41 Å². The number of hydrogen-bond donors (Lipinski definition) is 2. The molecular weight excluding hydrogens is 498 g/mol. The standard InChI is InChI=1S/C31H49NO3S2/c1-3-5-7-9-11-13-15-19-23-31(30(34)35,24-20-16-14-12-10-8-6-4-2)27(29(33)36)28-32-25-21-17-18-22-26(25)37-28/h17-18,21-22,27H,3-16,19-20,23-24H2,1-2H3,(H,33,36)(H,34,35). The molecule has 0 aliphatic heterocycles. The number of fused-ring (bicyclic) bond motifs is 1. The quantitative estimate of drug-likeness (QED) is 0.114. The van der Waals surface area contributed by atoms with Crippen LogP contribution in [0.2, 0.25) is 0 Å². The summed E-state index contributed by atoms with van der Waals surface area (Å²) < 4.78 is 0.982. The molecule has 0 spiro atoms. The van der Waals surface area contributed by atoms with E-state index in [1.165, 1.54) is 75.5 Å². The van der Waals surface area contributed by atoms with Crippen molar-refractivity contribution in [3.63, 3.8) is 0 Å². The third kappa shape index (κ3) is 10.4. The molecule has 208 valence electrons. The Hall–Kier alpha value is -1.40. The first-order valence-corrected chi connectivity index (χ1v) is 16.0. The van der Waals surface area contributed by atoms with Crippen molar-refractivity contribution < 1.29 is 14.7 Å². The maximum absolute atomic E-state index is 13.0. The molecule has 0 fully saturated rings. The van der Waals surface area contributed by atoms with Gasteiger partial charge in [-0.1, -0.05) is 129 Å². The van der Waals surface area contributed by atoms with Crippen LogP contribution >= 0.6 is 24.0 Å². The Morgan fingerprint density at radius 1 is 0.811 bits per heavy atom. The summed E-state index contributed by atoms with van der Waals surface area (Å²) in [6.45, 7) is 4.45. The molecule has 2 aromatic rings. The Kier molecular flexibility index (Phi) is 15.5. The van der Waals surface area contributed by atoms with Crippen molar-refractivity contribution >= 4 is 45.3 Å². The van der Waals surface area contributed by atoms with E-state index in [2.05, 4.69) is 26.5 Å². The first kappa shape index (κ1) is 31.8. The average molecular weight is 548 g/mol. The minimum absolute atomic E-state index is 0.374. The van der Waals surface area contributed by atoms with Crippen molar-refractivity contribution in [2.75, 3.05) is 0 Å². The van der Waals surface area contributed by atoms with Gasteiger partial charge in [-0.2, -0.15) is 0 Å². The largest absolute Gasteiger partial charge is 0.481 e. The van der Waals surface area contributed by atoms with Gasteiger partial charge in [0.25, 0.3) is 0 Å². The topological polar surface area (TPSA) is 67.3 Å². The summed E-state index contributed by atoms with van der Waals surface area (Å²) in [5.41, 5.74) is -0.336. The summed E-state index contributed by atoms with van der Waals surface area (Å²) in [5, 5.41) is 10.9. The molecule has 1 aromatic carbocycles. The summed E-state index contributed by atoms with van der Waals surface area (Å²) in [5.74, 6) is -1.69. The van der Waals surface area contributed by atoms with Crippen LogP contribution < -0.4 is 0 Å². The molecule has 0 radical (unpaired) electrons. The van der Waals surface area contributed by atoms with E-state index in [4.69, 9.17) is 4.98 Å². The summed E-state index contributed by atoms with van der Waals surface area (Å²) in [6, 6.07) is 7.78. The van der Waals surface area contributed by atoms with Crippen molar-refractivity contribution in [2.45, 2.75) is 135 Å². The van der Waals surface area contributed by atoms with Gasteiger partial charge in [-0.3, -0.25) is 9.59 Å². The fourth-order valence-corrected chi connectivity index (χ4v) is 7.13.